The van der Waals surface area contributed by atoms with Crippen LogP contribution in [0.2, 0.25) is 5.02 Å². The van der Waals surface area contributed by atoms with Crippen LogP contribution >= 0.6 is 50.6 Å². The number of benzene rings is 2. The fraction of sp³-hybridized carbons (Fsp3) is 0.0500. The first-order valence-electron chi connectivity index (χ1n) is 8.02. The zero-order valence-electron chi connectivity index (χ0n) is 13.9. The zero-order valence-corrected chi connectivity index (χ0v) is 17.8. The van der Waals surface area contributed by atoms with Gasteiger partial charge in [-0.2, -0.15) is 0 Å². The predicted octanol–water partition coefficient (Wildman–Crippen LogP) is 6.75. The molecule has 134 valence electrons. The number of Topliss-reactive ketones (excluding diaryl/α,β-unsaturated/α-hetero) is 1. The van der Waals surface area contributed by atoms with Crippen LogP contribution in [0.3, 0.4) is 0 Å². The average molecular weight is 476 g/mol. The van der Waals surface area contributed by atoms with E-state index in [0.29, 0.717) is 16.3 Å². The number of ketones is 1. The summed E-state index contributed by atoms with van der Waals surface area (Å²) in [6, 6.07) is 15.2. The van der Waals surface area contributed by atoms with Crippen LogP contribution in [-0.4, -0.2) is 21.5 Å². The predicted molar refractivity (Wildman–Crippen MR) is 117 cm³/mol. The molecule has 0 N–H and O–H groups in total. The molecule has 3 nitrogen and oxygen atoms in total. The lowest BCUT2D eigenvalue weighted by molar-refractivity contribution is 0.102. The highest BCUT2D eigenvalue weighted by Gasteiger charge is 2.16. The molecular formula is C20H12BrClN2OS2. The minimum atomic E-state index is 0.0579. The van der Waals surface area contributed by atoms with Gasteiger partial charge in [-0.05, 0) is 23.8 Å². The zero-order chi connectivity index (χ0) is 18.8. The molecule has 7 heteroatoms. The maximum atomic E-state index is 12.6. The van der Waals surface area contributed by atoms with Gasteiger partial charge in [0.15, 0.2) is 5.78 Å². The van der Waals surface area contributed by atoms with E-state index in [4.69, 9.17) is 11.6 Å². The molecule has 0 aliphatic heterocycles. The van der Waals surface area contributed by atoms with Gasteiger partial charge in [0.2, 0.25) is 0 Å². The van der Waals surface area contributed by atoms with E-state index in [0.717, 1.165) is 30.8 Å². The summed E-state index contributed by atoms with van der Waals surface area (Å²) in [5, 5.41) is 4.56. The fourth-order valence-corrected chi connectivity index (χ4v) is 5.21. The van der Waals surface area contributed by atoms with Crippen LogP contribution in [0.5, 0.6) is 0 Å². The second kappa shape index (κ2) is 8.10. The van der Waals surface area contributed by atoms with Gasteiger partial charge in [0.25, 0.3) is 0 Å². The van der Waals surface area contributed by atoms with Gasteiger partial charge in [0, 0.05) is 26.0 Å². The Morgan fingerprint density at radius 1 is 1.11 bits per heavy atom. The Morgan fingerprint density at radius 3 is 2.67 bits per heavy atom. The topological polar surface area (TPSA) is 42.9 Å². The van der Waals surface area contributed by atoms with E-state index < -0.39 is 0 Å². The molecule has 0 amide bonds. The van der Waals surface area contributed by atoms with Crippen LogP contribution in [-0.2, 0) is 0 Å². The number of rotatable bonds is 5. The highest BCUT2D eigenvalue weighted by molar-refractivity contribution is 9.10. The molecule has 0 radical (unpaired) electrons. The molecule has 0 saturated heterocycles. The second-order valence-electron chi connectivity index (χ2n) is 5.71. The highest BCUT2D eigenvalue weighted by Crippen LogP contribution is 2.38. The van der Waals surface area contributed by atoms with Crippen molar-refractivity contribution in [1.82, 2.24) is 9.97 Å². The summed E-state index contributed by atoms with van der Waals surface area (Å²) < 4.78 is 0.806. The number of hydrogen-bond donors (Lipinski definition) is 0. The normalized spacial score (nSPS) is 11.0. The van der Waals surface area contributed by atoms with Gasteiger partial charge >= 0.3 is 0 Å². The van der Waals surface area contributed by atoms with E-state index in [1.807, 2.05) is 48.5 Å². The average Bonchev–Trinajstić information content (AvgIpc) is 3.12. The van der Waals surface area contributed by atoms with Crippen molar-refractivity contribution < 1.29 is 4.79 Å². The molecule has 0 atom stereocenters. The van der Waals surface area contributed by atoms with E-state index in [-0.39, 0.29) is 5.78 Å². The standard InChI is InChI=1S/C20H12BrClN2OS2/c21-16-4-2-1-3-14(16)17(25)10-27-20-18-15(9-26-19(18)23-11-24-20)12-5-7-13(22)8-6-12/h1-9,11H,10H2. The SMILES string of the molecule is O=C(CSc1ncnc2scc(-c3ccc(Cl)cc3)c12)c1ccccc1Br. The van der Waals surface area contributed by atoms with Crippen molar-refractivity contribution in [3.05, 3.63) is 75.3 Å². The molecule has 0 unspecified atom stereocenters. The van der Waals surface area contributed by atoms with Crippen LogP contribution in [0.25, 0.3) is 21.3 Å². The minimum Gasteiger partial charge on any atom is -0.293 e. The monoisotopic (exact) mass is 474 g/mol. The Labute approximate surface area is 177 Å². The first-order valence-corrected chi connectivity index (χ1v) is 11.1. The maximum Gasteiger partial charge on any atom is 0.174 e. The number of aromatic nitrogens is 2. The number of halogens is 2. The molecule has 4 aromatic rings. The minimum absolute atomic E-state index is 0.0579. The van der Waals surface area contributed by atoms with Gasteiger partial charge in [-0.15, -0.1) is 11.3 Å². The molecule has 0 aliphatic carbocycles. The molecule has 4 rings (SSSR count). The van der Waals surface area contributed by atoms with Gasteiger partial charge in [-0.1, -0.05) is 69.6 Å². The lowest BCUT2D eigenvalue weighted by Crippen LogP contribution is -2.03. The van der Waals surface area contributed by atoms with Crippen molar-refractivity contribution in [3.63, 3.8) is 0 Å². The Hall–Kier alpha value is -1.73. The maximum absolute atomic E-state index is 12.6. The Kier molecular flexibility index (Phi) is 5.59. The number of hydrogen-bond acceptors (Lipinski definition) is 5. The van der Waals surface area contributed by atoms with Crippen LogP contribution in [0, 0.1) is 0 Å². The second-order valence-corrected chi connectivity index (χ2v) is 8.82. The summed E-state index contributed by atoms with van der Waals surface area (Å²) in [4.78, 5) is 22.3. The number of carbonyl (C=O) groups excluding carboxylic acids is 1. The molecule has 2 aromatic carbocycles. The summed E-state index contributed by atoms with van der Waals surface area (Å²) >= 11 is 12.5. The van der Waals surface area contributed by atoms with E-state index in [1.165, 1.54) is 11.8 Å². The number of thioether (sulfide) groups is 1. The van der Waals surface area contributed by atoms with Gasteiger partial charge in [0.05, 0.1) is 11.1 Å². The summed E-state index contributed by atoms with van der Waals surface area (Å²) in [7, 11) is 0. The van der Waals surface area contributed by atoms with Crippen molar-refractivity contribution >= 4 is 66.6 Å². The lowest BCUT2D eigenvalue weighted by Gasteiger charge is -2.06. The van der Waals surface area contributed by atoms with Crippen LogP contribution in [0.4, 0.5) is 0 Å². The third kappa shape index (κ3) is 3.94. The van der Waals surface area contributed by atoms with Gasteiger partial charge in [-0.25, -0.2) is 9.97 Å². The molecular weight excluding hydrogens is 464 g/mol. The third-order valence-corrected chi connectivity index (χ3v) is 6.82. The molecule has 0 saturated carbocycles. The first kappa shape index (κ1) is 18.6. The molecule has 27 heavy (non-hydrogen) atoms. The van der Waals surface area contributed by atoms with Crippen molar-refractivity contribution in [2.75, 3.05) is 5.75 Å². The number of nitrogens with zero attached hydrogens (tertiary/aromatic N) is 2. The van der Waals surface area contributed by atoms with E-state index >= 15 is 0 Å². The molecule has 2 heterocycles. The highest BCUT2D eigenvalue weighted by atomic mass is 79.9. The van der Waals surface area contributed by atoms with Crippen molar-refractivity contribution in [2.24, 2.45) is 0 Å². The molecule has 0 bridgehead atoms. The third-order valence-electron chi connectivity index (χ3n) is 4.00. The smallest absolute Gasteiger partial charge is 0.174 e. The number of carbonyl (C=O) groups is 1. The summed E-state index contributed by atoms with van der Waals surface area (Å²) in [5.41, 5.74) is 2.79. The van der Waals surface area contributed by atoms with E-state index in [9.17, 15) is 4.79 Å². The number of thiophene rings is 1. The first-order chi connectivity index (χ1) is 13.1. The number of fused-ring (bicyclic) bond motifs is 1. The lowest BCUT2D eigenvalue weighted by atomic mass is 10.1. The van der Waals surface area contributed by atoms with Crippen LogP contribution < -0.4 is 0 Å². The van der Waals surface area contributed by atoms with Crippen molar-refractivity contribution in [3.8, 4) is 11.1 Å². The molecule has 2 aromatic heterocycles. The quantitative estimate of drug-likeness (QED) is 0.182. The van der Waals surface area contributed by atoms with Gasteiger partial charge in [-0.3, -0.25) is 4.79 Å². The fourth-order valence-electron chi connectivity index (χ4n) is 2.70. The molecule has 0 fully saturated rings. The van der Waals surface area contributed by atoms with Crippen molar-refractivity contribution in [1.29, 1.82) is 0 Å². The van der Waals surface area contributed by atoms with E-state index in [1.54, 1.807) is 17.7 Å². The van der Waals surface area contributed by atoms with Crippen LogP contribution in [0.15, 0.2) is 69.7 Å². The molecule has 0 spiro atoms. The van der Waals surface area contributed by atoms with E-state index in [2.05, 4.69) is 31.3 Å². The summed E-state index contributed by atoms with van der Waals surface area (Å²) in [6.45, 7) is 0. The summed E-state index contributed by atoms with van der Waals surface area (Å²) in [5.74, 6) is 0.368. The Morgan fingerprint density at radius 2 is 1.89 bits per heavy atom. The Bertz CT molecular complexity index is 1130. The largest absolute Gasteiger partial charge is 0.293 e. The van der Waals surface area contributed by atoms with Gasteiger partial charge in [0.1, 0.15) is 16.2 Å². The van der Waals surface area contributed by atoms with Crippen LogP contribution in [0.1, 0.15) is 10.4 Å². The van der Waals surface area contributed by atoms with Crippen molar-refractivity contribution in [2.45, 2.75) is 5.03 Å². The molecule has 0 aliphatic rings. The Balaban J connectivity index is 1.66. The van der Waals surface area contributed by atoms with Gasteiger partial charge < -0.3 is 0 Å². The summed E-state index contributed by atoms with van der Waals surface area (Å²) in [6.07, 6.45) is 1.55.